The molecule has 0 aliphatic heterocycles. The Morgan fingerprint density at radius 2 is 1.86 bits per heavy atom. The molecule has 0 aliphatic carbocycles. The quantitative estimate of drug-likeness (QED) is 0.587. The molecule has 3 rings (SSSR count). The number of rotatable bonds is 7. The third-order valence-electron chi connectivity index (χ3n) is 3.94. The van der Waals surface area contributed by atoms with Crippen molar-refractivity contribution in [2.75, 3.05) is 19.0 Å². The fourth-order valence-electron chi connectivity index (χ4n) is 2.66. The van der Waals surface area contributed by atoms with Crippen LogP contribution in [-0.4, -0.2) is 30.4 Å². The van der Waals surface area contributed by atoms with E-state index in [2.05, 4.69) is 10.3 Å². The fourth-order valence-corrected chi connectivity index (χ4v) is 3.53. The van der Waals surface area contributed by atoms with Gasteiger partial charge < -0.3 is 9.47 Å². The van der Waals surface area contributed by atoms with Crippen LogP contribution in [0, 0.1) is 0 Å². The summed E-state index contributed by atoms with van der Waals surface area (Å²) in [5.74, 6) is 0.605. The van der Waals surface area contributed by atoms with E-state index >= 15 is 0 Å². The van der Waals surface area contributed by atoms with Gasteiger partial charge in [-0.25, -0.2) is 4.98 Å². The van der Waals surface area contributed by atoms with E-state index in [-0.39, 0.29) is 11.7 Å². The van der Waals surface area contributed by atoms with E-state index in [0.717, 1.165) is 16.9 Å². The molecule has 0 saturated carbocycles. The maximum Gasteiger partial charge on any atom is 0.257 e. The van der Waals surface area contributed by atoms with Gasteiger partial charge >= 0.3 is 0 Å². The van der Waals surface area contributed by atoms with Gasteiger partial charge in [0.15, 0.2) is 22.4 Å². The Morgan fingerprint density at radius 3 is 2.50 bits per heavy atom. The zero-order valence-corrected chi connectivity index (χ0v) is 16.6. The molecule has 1 amide bonds. The van der Waals surface area contributed by atoms with Crippen molar-refractivity contribution >= 4 is 28.2 Å². The molecule has 0 unspecified atom stereocenters. The Bertz CT molecular complexity index is 999. The number of nitrogens with zero attached hydrogens (tertiary/aromatic N) is 1. The standard InChI is InChI=1S/C21H20N2O4S/c1-4-27-16-11-10-15(12-17(16)26-3)20(25)23-21-22-18(19(28-21)13(2)24)14-8-6-5-7-9-14/h5-12H,4H2,1-3H3,(H,22,23,25). The Hall–Kier alpha value is -3.19. The minimum atomic E-state index is -0.343. The van der Waals surface area contributed by atoms with Crippen molar-refractivity contribution in [3.63, 3.8) is 0 Å². The van der Waals surface area contributed by atoms with Crippen LogP contribution >= 0.6 is 11.3 Å². The molecule has 0 atom stereocenters. The molecular formula is C21H20N2O4S. The summed E-state index contributed by atoms with van der Waals surface area (Å²) in [6.07, 6.45) is 0. The van der Waals surface area contributed by atoms with Gasteiger partial charge in [0, 0.05) is 18.1 Å². The minimum absolute atomic E-state index is 0.0976. The molecule has 1 heterocycles. The van der Waals surface area contributed by atoms with Crippen LogP contribution in [0.1, 0.15) is 33.9 Å². The maximum absolute atomic E-state index is 12.7. The van der Waals surface area contributed by atoms with Gasteiger partial charge in [0.2, 0.25) is 0 Å². The number of carbonyl (C=O) groups excluding carboxylic acids is 2. The van der Waals surface area contributed by atoms with E-state index < -0.39 is 0 Å². The maximum atomic E-state index is 12.7. The average Bonchev–Trinajstić information content (AvgIpc) is 3.13. The van der Waals surface area contributed by atoms with Crippen LogP contribution in [0.25, 0.3) is 11.3 Å². The highest BCUT2D eigenvalue weighted by Crippen LogP contribution is 2.32. The highest BCUT2D eigenvalue weighted by Gasteiger charge is 2.19. The van der Waals surface area contributed by atoms with Crippen molar-refractivity contribution in [1.82, 2.24) is 4.98 Å². The molecule has 1 N–H and O–H groups in total. The van der Waals surface area contributed by atoms with E-state index in [9.17, 15) is 9.59 Å². The molecule has 144 valence electrons. The number of ether oxygens (including phenoxy) is 2. The molecule has 0 radical (unpaired) electrons. The van der Waals surface area contributed by atoms with Crippen LogP contribution in [0.3, 0.4) is 0 Å². The molecule has 28 heavy (non-hydrogen) atoms. The number of hydrogen-bond acceptors (Lipinski definition) is 6. The number of aromatic nitrogens is 1. The first-order valence-corrected chi connectivity index (χ1v) is 9.54. The highest BCUT2D eigenvalue weighted by atomic mass is 32.1. The third kappa shape index (κ3) is 4.20. The van der Waals surface area contributed by atoms with Crippen molar-refractivity contribution in [3.8, 4) is 22.8 Å². The summed E-state index contributed by atoms with van der Waals surface area (Å²) >= 11 is 1.16. The summed E-state index contributed by atoms with van der Waals surface area (Å²) in [5.41, 5.74) is 1.80. The Morgan fingerprint density at radius 1 is 1.11 bits per heavy atom. The molecular weight excluding hydrogens is 376 g/mol. The first-order valence-electron chi connectivity index (χ1n) is 8.72. The third-order valence-corrected chi connectivity index (χ3v) is 5.01. The van der Waals surface area contributed by atoms with Crippen molar-refractivity contribution in [3.05, 3.63) is 59.0 Å². The van der Waals surface area contributed by atoms with Crippen molar-refractivity contribution in [2.45, 2.75) is 13.8 Å². The molecule has 3 aromatic rings. The molecule has 1 aromatic heterocycles. The Balaban J connectivity index is 1.88. The predicted molar refractivity (Wildman–Crippen MR) is 110 cm³/mol. The number of ketones is 1. The molecule has 0 saturated heterocycles. The van der Waals surface area contributed by atoms with Crippen LogP contribution in [-0.2, 0) is 0 Å². The highest BCUT2D eigenvalue weighted by molar-refractivity contribution is 7.18. The summed E-state index contributed by atoms with van der Waals surface area (Å²) in [6.45, 7) is 3.86. The van der Waals surface area contributed by atoms with Crippen molar-refractivity contribution < 1.29 is 19.1 Å². The number of amides is 1. The topological polar surface area (TPSA) is 77.5 Å². The number of anilines is 1. The molecule has 7 heteroatoms. The first kappa shape index (κ1) is 19.6. The van der Waals surface area contributed by atoms with Gasteiger partial charge in [0.25, 0.3) is 5.91 Å². The second kappa shape index (κ2) is 8.67. The predicted octanol–water partition coefficient (Wildman–Crippen LogP) is 4.67. The molecule has 0 spiro atoms. The molecule has 0 fully saturated rings. The van der Waals surface area contributed by atoms with Gasteiger partial charge in [0.1, 0.15) is 0 Å². The minimum Gasteiger partial charge on any atom is -0.493 e. The van der Waals surface area contributed by atoms with Crippen molar-refractivity contribution in [1.29, 1.82) is 0 Å². The Labute approximate surface area is 167 Å². The summed E-state index contributed by atoms with van der Waals surface area (Å²) in [5, 5.41) is 3.13. The van der Waals surface area contributed by atoms with Gasteiger partial charge in [0.05, 0.1) is 24.3 Å². The van der Waals surface area contributed by atoms with Crippen molar-refractivity contribution in [2.24, 2.45) is 0 Å². The van der Waals surface area contributed by atoms with Gasteiger partial charge in [-0.05, 0) is 25.1 Å². The van der Waals surface area contributed by atoms with Crippen LogP contribution in [0.5, 0.6) is 11.5 Å². The Kier molecular flexibility index (Phi) is 6.06. The normalized spacial score (nSPS) is 10.4. The summed E-state index contributed by atoms with van der Waals surface area (Å²) in [4.78, 5) is 29.6. The summed E-state index contributed by atoms with van der Waals surface area (Å²) in [6, 6.07) is 14.4. The van der Waals surface area contributed by atoms with E-state index in [1.807, 2.05) is 37.3 Å². The van der Waals surface area contributed by atoms with Crippen LogP contribution < -0.4 is 14.8 Å². The number of Topliss-reactive ketones (excluding diaryl/α,β-unsaturated/α-hetero) is 1. The van der Waals surface area contributed by atoms with Gasteiger partial charge in [-0.15, -0.1) is 0 Å². The monoisotopic (exact) mass is 396 g/mol. The van der Waals surface area contributed by atoms with Gasteiger partial charge in [-0.1, -0.05) is 41.7 Å². The number of nitrogens with one attached hydrogen (secondary N) is 1. The van der Waals surface area contributed by atoms with Gasteiger partial charge in [-0.3, -0.25) is 14.9 Å². The number of methoxy groups -OCH3 is 1. The summed E-state index contributed by atoms with van der Waals surface area (Å²) in [7, 11) is 1.52. The lowest BCUT2D eigenvalue weighted by atomic mass is 10.1. The lowest BCUT2D eigenvalue weighted by Crippen LogP contribution is -2.12. The largest absolute Gasteiger partial charge is 0.493 e. The smallest absolute Gasteiger partial charge is 0.257 e. The van der Waals surface area contributed by atoms with Crippen LogP contribution in [0.2, 0.25) is 0 Å². The molecule has 6 nitrogen and oxygen atoms in total. The van der Waals surface area contributed by atoms with E-state index in [0.29, 0.717) is 39.4 Å². The lowest BCUT2D eigenvalue weighted by molar-refractivity contribution is 0.101. The zero-order chi connectivity index (χ0) is 20.1. The number of benzene rings is 2. The van der Waals surface area contributed by atoms with Crippen LogP contribution in [0.15, 0.2) is 48.5 Å². The molecule has 0 bridgehead atoms. The van der Waals surface area contributed by atoms with Gasteiger partial charge in [-0.2, -0.15) is 0 Å². The van der Waals surface area contributed by atoms with E-state index in [4.69, 9.17) is 9.47 Å². The zero-order valence-electron chi connectivity index (χ0n) is 15.8. The molecule has 2 aromatic carbocycles. The molecule has 0 aliphatic rings. The number of hydrogen-bond donors (Lipinski definition) is 1. The average molecular weight is 396 g/mol. The first-order chi connectivity index (χ1) is 13.5. The van der Waals surface area contributed by atoms with Crippen LogP contribution in [0.4, 0.5) is 5.13 Å². The SMILES string of the molecule is CCOc1ccc(C(=O)Nc2nc(-c3ccccc3)c(C(C)=O)s2)cc1OC. The number of thiazole rings is 1. The second-order valence-corrected chi connectivity index (χ2v) is 6.87. The summed E-state index contributed by atoms with van der Waals surface area (Å²) < 4.78 is 10.8. The fraction of sp³-hybridized carbons (Fsp3) is 0.190. The number of carbonyl (C=O) groups is 2. The van der Waals surface area contributed by atoms with E-state index in [1.54, 1.807) is 18.2 Å². The lowest BCUT2D eigenvalue weighted by Gasteiger charge is -2.10. The van der Waals surface area contributed by atoms with E-state index in [1.165, 1.54) is 14.0 Å². The second-order valence-electron chi connectivity index (χ2n) is 5.87.